The van der Waals surface area contributed by atoms with E-state index in [9.17, 15) is 4.79 Å². The molecule has 0 aromatic carbocycles. The number of aromatic nitrogens is 2. The van der Waals surface area contributed by atoms with Crippen LogP contribution in [0, 0.1) is 0 Å². The van der Waals surface area contributed by atoms with Crippen molar-refractivity contribution in [1.82, 2.24) is 14.9 Å². The van der Waals surface area contributed by atoms with Gasteiger partial charge in [-0.3, -0.25) is 4.79 Å². The van der Waals surface area contributed by atoms with E-state index in [1.807, 2.05) is 17.2 Å². The van der Waals surface area contributed by atoms with Gasteiger partial charge in [0.25, 0.3) is 5.91 Å². The minimum absolute atomic E-state index is 0.0172. The van der Waals surface area contributed by atoms with Crippen molar-refractivity contribution < 1.29 is 9.53 Å². The molecule has 0 radical (unpaired) electrons. The minimum Gasteiger partial charge on any atom is -0.477 e. The summed E-state index contributed by atoms with van der Waals surface area (Å²) < 4.78 is 5.50. The molecule has 1 amide bonds. The van der Waals surface area contributed by atoms with Gasteiger partial charge in [0.05, 0.1) is 12.6 Å². The number of pyridine rings is 1. The molecule has 1 aliphatic rings. The number of likely N-dealkylation sites (tertiary alicyclic amines) is 1. The van der Waals surface area contributed by atoms with Crippen LogP contribution in [0.3, 0.4) is 0 Å². The monoisotopic (exact) mass is 317 g/mol. The van der Waals surface area contributed by atoms with Gasteiger partial charge in [-0.25, -0.2) is 9.97 Å². The second-order valence-electron chi connectivity index (χ2n) is 5.17. The zero-order valence-electron chi connectivity index (χ0n) is 12.6. The predicted octanol–water partition coefficient (Wildman–Crippen LogP) is 3.30. The summed E-state index contributed by atoms with van der Waals surface area (Å²) in [5.41, 5.74) is 0.535. The number of thiazole rings is 1. The molecule has 1 saturated heterocycles. The number of hydrogen-bond donors (Lipinski definition) is 0. The standard InChI is InChI=1S/C16H19N3O2S/c1-2-21-14-12(6-5-8-17-14)16(20)19-10-4-3-7-13(19)15-18-9-11-22-15/h5-6,8-9,11,13H,2-4,7,10H2,1H3/t13-/m1/s1. The van der Waals surface area contributed by atoms with Crippen LogP contribution in [0.15, 0.2) is 29.9 Å². The number of ether oxygens (including phenoxy) is 1. The summed E-state index contributed by atoms with van der Waals surface area (Å²) in [4.78, 5) is 23.5. The van der Waals surface area contributed by atoms with Crippen LogP contribution in [0.2, 0.25) is 0 Å². The molecule has 0 unspecified atom stereocenters. The molecule has 0 bridgehead atoms. The first kappa shape index (κ1) is 15.0. The molecule has 0 saturated carbocycles. The Labute approximate surface area is 134 Å². The average Bonchev–Trinajstić information content (AvgIpc) is 3.09. The molecule has 0 aliphatic carbocycles. The Morgan fingerprint density at radius 1 is 1.41 bits per heavy atom. The molecule has 1 atom stereocenters. The highest BCUT2D eigenvalue weighted by Gasteiger charge is 2.31. The van der Waals surface area contributed by atoms with Crippen molar-refractivity contribution >= 4 is 17.2 Å². The zero-order valence-corrected chi connectivity index (χ0v) is 13.4. The Morgan fingerprint density at radius 2 is 2.32 bits per heavy atom. The molecule has 6 heteroatoms. The molecule has 1 aliphatic heterocycles. The summed E-state index contributed by atoms with van der Waals surface area (Å²) in [6.07, 6.45) is 6.56. The van der Waals surface area contributed by atoms with Crippen LogP contribution in [0.1, 0.15) is 47.6 Å². The van der Waals surface area contributed by atoms with Gasteiger partial charge in [0.1, 0.15) is 10.6 Å². The fourth-order valence-electron chi connectivity index (χ4n) is 2.79. The first-order chi connectivity index (χ1) is 10.8. The maximum atomic E-state index is 13.0. The van der Waals surface area contributed by atoms with Crippen molar-refractivity contribution in [3.63, 3.8) is 0 Å². The lowest BCUT2D eigenvalue weighted by Crippen LogP contribution is -2.38. The quantitative estimate of drug-likeness (QED) is 0.868. The molecule has 3 rings (SSSR count). The van der Waals surface area contributed by atoms with Gasteiger partial charge in [0.15, 0.2) is 0 Å². The van der Waals surface area contributed by atoms with Gasteiger partial charge in [-0.1, -0.05) is 0 Å². The lowest BCUT2D eigenvalue weighted by atomic mass is 10.0. The Bertz CT molecular complexity index is 630. The topological polar surface area (TPSA) is 55.3 Å². The van der Waals surface area contributed by atoms with Gasteiger partial charge >= 0.3 is 0 Å². The zero-order chi connectivity index (χ0) is 15.4. The van der Waals surface area contributed by atoms with Gasteiger partial charge in [-0.15, -0.1) is 11.3 Å². The largest absolute Gasteiger partial charge is 0.477 e. The summed E-state index contributed by atoms with van der Waals surface area (Å²) in [5.74, 6) is 0.398. The van der Waals surface area contributed by atoms with Crippen LogP contribution < -0.4 is 4.74 Å². The van der Waals surface area contributed by atoms with Gasteiger partial charge in [-0.05, 0) is 38.3 Å². The van der Waals surface area contributed by atoms with Crippen LogP contribution >= 0.6 is 11.3 Å². The number of nitrogens with zero attached hydrogens (tertiary/aromatic N) is 3. The van der Waals surface area contributed by atoms with E-state index < -0.39 is 0 Å². The van der Waals surface area contributed by atoms with Crippen LogP contribution in [0.25, 0.3) is 0 Å². The average molecular weight is 317 g/mol. The second kappa shape index (κ2) is 6.87. The maximum Gasteiger partial charge on any atom is 0.259 e. The third-order valence-corrected chi connectivity index (χ3v) is 4.66. The van der Waals surface area contributed by atoms with Gasteiger partial charge in [-0.2, -0.15) is 0 Å². The third kappa shape index (κ3) is 2.97. The highest BCUT2D eigenvalue weighted by molar-refractivity contribution is 7.09. The van der Waals surface area contributed by atoms with E-state index in [2.05, 4.69) is 9.97 Å². The number of hydrogen-bond acceptors (Lipinski definition) is 5. The Balaban J connectivity index is 1.89. The normalized spacial score (nSPS) is 18.2. The molecule has 116 valence electrons. The van der Waals surface area contributed by atoms with Crippen LogP contribution in [0.5, 0.6) is 5.88 Å². The molecule has 3 heterocycles. The maximum absolute atomic E-state index is 13.0. The summed E-state index contributed by atoms with van der Waals surface area (Å²) in [7, 11) is 0. The number of amides is 1. The van der Waals surface area contributed by atoms with Crippen LogP contribution in [-0.4, -0.2) is 33.9 Å². The molecule has 1 fully saturated rings. The lowest BCUT2D eigenvalue weighted by Gasteiger charge is -2.34. The number of carbonyl (C=O) groups excluding carboxylic acids is 1. The molecular weight excluding hydrogens is 298 g/mol. The van der Waals surface area contributed by atoms with Crippen molar-refractivity contribution in [2.45, 2.75) is 32.2 Å². The van der Waals surface area contributed by atoms with E-state index in [1.54, 1.807) is 35.9 Å². The Hall–Kier alpha value is -1.95. The van der Waals surface area contributed by atoms with E-state index in [4.69, 9.17) is 4.74 Å². The van der Waals surface area contributed by atoms with E-state index >= 15 is 0 Å². The predicted molar refractivity (Wildman–Crippen MR) is 85.1 cm³/mol. The third-order valence-electron chi connectivity index (χ3n) is 3.78. The first-order valence-corrected chi connectivity index (χ1v) is 8.47. The summed E-state index contributed by atoms with van der Waals surface area (Å²) >= 11 is 1.61. The molecule has 0 spiro atoms. The van der Waals surface area contributed by atoms with Gasteiger partial charge in [0, 0.05) is 24.3 Å². The Kier molecular flexibility index (Phi) is 4.68. The number of piperidine rings is 1. The lowest BCUT2D eigenvalue weighted by molar-refractivity contribution is 0.0606. The van der Waals surface area contributed by atoms with Gasteiger partial charge < -0.3 is 9.64 Å². The van der Waals surface area contributed by atoms with Crippen molar-refractivity contribution in [1.29, 1.82) is 0 Å². The number of carbonyl (C=O) groups is 1. The van der Waals surface area contributed by atoms with Gasteiger partial charge in [0.2, 0.25) is 5.88 Å². The SMILES string of the molecule is CCOc1ncccc1C(=O)N1CCCC[C@@H]1c1nccs1. The fraction of sp³-hybridized carbons (Fsp3) is 0.438. The summed E-state index contributed by atoms with van der Waals surface area (Å²) in [6, 6.07) is 3.63. The van der Waals surface area contributed by atoms with E-state index in [-0.39, 0.29) is 11.9 Å². The first-order valence-electron chi connectivity index (χ1n) is 7.59. The molecule has 5 nitrogen and oxygen atoms in total. The van der Waals surface area contributed by atoms with Crippen molar-refractivity contribution in [3.05, 3.63) is 40.5 Å². The van der Waals surface area contributed by atoms with Crippen molar-refractivity contribution in [2.75, 3.05) is 13.2 Å². The smallest absolute Gasteiger partial charge is 0.259 e. The second-order valence-corrected chi connectivity index (χ2v) is 6.10. The molecule has 2 aromatic rings. The van der Waals surface area contributed by atoms with E-state index in [1.165, 1.54) is 0 Å². The van der Waals surface area contributed by atoms with E-state index in [0.717, 1.165) is 30.8 Å². The van der Waals surface area contributed by atoms with Crippen molar-refractivity contribution in [3.8, 4) is 5.88 Å². The van der Waals surface area contributed by atoms with Crippen LogP contribution in [0.4, 0.5) is 0 Å². The van der Waals surface area contributed by atoms with Crippen LogP contribution in [-0.2, 0) is 0 Å². The molecule has 0 N–H and O–H groups in total. The summed E-state index contributed by atoms with van der Waals surface area (Å²) in [6.45, 7) is 3.14. The molecular formula is C16H19N3O2S. The molecule has 2 aromatic heterocycles. The minimum atomic E-state index is -0.0172. The van der Waals surface area contributed by atoms with E-state index in [0.29, 0.717) is 18.1 Å². The van der Waals surface area contributed by atoms with Crippen molar-refractivity contribution in [2.24, 2.45) is 0 Å². The molecule has 22 heavy (non-hydrogen) atoms. The highest BCUT2D eigenvalue weighted by atomic mass is 32.1. The Morgan fingerprint density at radius 3 is 3.09 bits per heavy atom. The highest BCUT2D eigenvalue weighted by Crippen LogP contribution is 2.34. The number of rotatable bonds is 4. The summed E-state index contributed by atoms with van der Waals surface area (Å²) in [5, 5.41) is 2.97. The fourth-order valence-corrected chi connectivity index (χ4v) is 3.58.